The van der Waals surface area contributed by atoms with E-state index in [1.54, 1.807) is 0 Å². The predicted octanol–water partition coefficient (Wildman–Crippen LogP) is 2.78. The molecule has 0 radical (unpaired) electrons. The van der Waals surface area contributed by atoms with Crippen molar-refractivity contribution in [1.29, 1.82) is 0 Å². The van der Waals surface area contributed by atoms with Crippen LogP contribution in [0, 0.1) is 0 Å². The molecule has 82 valence electrons. The first kappa shape index (κ1) is 10.3. The molecule has 15 heavy (non-hydrogen) atoms. The van der Waals surface area contributed by atoms with Crippen molar-refractivity contribution < 1.29 is 9.13 Å². The Hall–Kier alpha value is -1.25. The van der Waals surface area contributed by atoms with Gasteiger partial charge in [0.25, 0.3) is 0 Å². The number of nitrogens with one attached hydrogen (secondary N) is 1. The van der Waals surface area contributed by atoms with Gasteiger partial charge in [-0.05, 0) is 31.9 Å². The SMILES string of the molecule is CC(C)(F)COc1cccc2c1NCC2. The molecule has 0 unspecified atom stereocenters. The lowest BCUT2D eigenvalue weighted by atomic mass is 10.1. The summed E-state index contributed by atoms with van der Waals surface area (Å²) in [6.07, 6.45) is 1.02. The summed E-state index contributed by atoms with van der Waals surface area (Å²) >= 11 is 0. The molecule has 3 heteroatoms. The third-order valence-electron chi connectivity index (χ3n) is 2.38. The second-order valence-corrected chi connectivity index (χ2v) is 4.47. The average molecular weight is 209 g/mol. The average Bonchev–Trinajstić information content (AvgIpc) is 2.61. The maximum Gasteiger partial charge on any atom is 0.142 e. The van der Waals surface area contributed by atoms with Gasteiger partial charge in [-0.1, -0.05) is 12.1 Å². The fourth-order valence-electron chi connectivity index (χ4n) is 1.68. The highest BCUT2D eigenvalue weighted by Crippen LogP contribution is 2.32. The van der Waals surface area contributed by atoms with E-state index < -0.39 is 5.67 Å². The number of hydrogen-bond donors (Lipinski definition) is 1. The van der Waals surface area contributed by atoms with Crippen molar-refractivity contribution >= 4 is 5.69 Å². The van der Waals surface area contributed by atoms with E-state index in [4.69, 9.17) is 4.74 Å². The van der Waals surface area contributed by atoms with Gasteiger partial charge in [-0.15, -0.1) is 0 Å². The van der Waals surface area contributed by atoms with Crippen LogP contribution in [0.5, 0.6) is 5.75 Å². The van der Waals surface area contributed by atoms with Gasteiger partial charge in [0.1, 0.15) is 18.0 Å². The topological polar surface area (TPSA) is 21.3 Å². The second-order valence-electron chi connectivity index (χ2n) is 4.47. The lowest BCUT2D eigenvalue weighted by molar-refractivity contribution is 0.121. The fourth-order valence-corrected chi connectivity index (χ4v) is 1.68. The smallest absolute Gasteiger partial charge is 0.142 e. The normalized spacial score (nSPS) is 14.6. The highest BCUT2D eigenvalue weighted by atomic mass is 19.1. The van der Waals surface area contributed by atoms with E-state index in [2.05, 4.69) is 11.4 Å². The number of hydrogen-bond acceptors (Lipinski definition) is 2. The van der Waals surface area contributed by atoms with Crippen LogP contribution in [-0.2, 0) is 6.42 Å². The van der Waals surface area contributed by atoms with Gasteiger partial charge in [-0.3, -0.25) is 0 Å². The van der Waals surface area contributed by atoms with Crippen LogP contribution < -0.4 is 10.1 Å². The first-order valence-corrected chi connectivity index (χ1v) is 5.24. The molecule has 1 aliphatic heterocycles. The minimum atomic E-state index is -1.29. The fraction of sp³-hybridized carbons (Fsp3) is 0.500. The van der Waals surface area contributed by atoms with Crippen LogP contribution in [0.3, 0.4) is 0 Å². The van der Waals surface area contributed by atoms with E-state index in [1.165, 1.54) is 19.4 Å². The zero-order valence-corrected chi connectivity index (χ0v) is 9.14. The zero-order chi connectivity index (χ0) is 10.9. The number of rotatable bonds is 3. The van der Waals surface area contributed by atoms with E-state index >= 15 is 0 Å². The van der Waals surface area contributed by atoms with Gasteiger partial charge in [-0.2, -0.15) is 0 Å². The largest absolute Gasteiger partial charge is 0.488 e. The van der Waals surface area contributed by atoms with Crippen molar-refractivity contribution in [2.75, 3.05) is 18.5 Å². The Morgan fingerprint density at radius 1 is 1.47 bits per heavy atom. The first-order chi connectivity index (χ1) is 7.06. The predicted molar refractivity (Wildman–Crippen MR) is 59.3 cm³/mol. The van der Waals surface area contributed by atoms with Gasteiger partial charge in [-0.25, -0.2) is 4.39 Å². The molecule has 1 aliphatic rings. The van der Waals surface area contributed by atoms with Crippen molar-refractivity contribution in [3.63, 3.8) is 0 Å². The molecule has 2 nitrogen and oxygen atoms in total. The standard InChI is InChI=1S/C12H16FNO/c1-12(2,13)8-15-10-5-3-4-9-6-7-14-11(9)10/h3-5,14H,6-8H2,1-2H3. The van der Waals surface area contributed by atoms with E-state index in [0.717, 1.165) is 24.4 Å². The van der Waals surface area contributed by atoms with Crippen molar-refractivity contribution in [3.8, 4) is 5.75 Å². The quantitative estimate of drug-likeness (QED) is 0.826. The number of ether oxygens (including phenoxy) is 1. The van der Waals surface area contributed by atoms with Crippen LogP contribution in [0.4, 0.5) is 10.1 Å². The Balaban J connectivity index is 2.12. The number of anilines is 1. The number of halogens is 1. The summed E-state index contributed by atoms with van der Waals surface area (Å²) in [7, 11) is 0. The summed E-state index contributed by atoms with van der Waals surface area (Å²) < 4.78 is 18.8. The lowest BCUT2D eigenvalue weighted by Gasteiger charge is -2.17. The molecule has 0 aromatic heterocycles. The van der Waals surface area contributed by atoms with Crippen LogP contribution in [0.25, 0.3) is 0 Å². The molecule has 2 rings (SSSR count). The molecule has 1 N–H and O–H groups in total. The minimum absolute atomic E-state index is 0.0884. The zero-order valence-electron chi connectivity index (χ0n) is 9.14. The number of para-hydroxylation sites is 1. The number of alkyl halides is 1. The van der Waals surface area contributed by atoms with Gasteiger partial charge >= 0.3 is 0 Å². The summed E-state index contributed by atoms with van der Waals surface area (Å²) in [6, 6.07) is 5.90. The molecular formula is C12H16FNO. The molecule has 0 aliphatic carbocycles. The summed E-state index contributed by atoms with van der Waals surface area (Å²) in [5, 5.41) is 3.26. The van der Waals surface area contributed by atoms with Crippen LogP contribution >= 0.6 is 0 Å². The Kier molecular flexibility index (Phi) is 2.55. The molecule has 0 bridgehead atoms. The van der Waals surface area contributed by atoms with E-state index in [0.29, 0.717) is 0 Å². The van der Waals surface area contributed by atoms with Gasteiger partial charge in [0.15, 0.2) is 0 Å². The van der Waals surface area contributed by atoms with Gasteiger partial charge < -0.3 is 10.1 Å². The van der Waals surface area contributed by atoms with Crippen molar-refractivity contribution in [2.24, 2.45) is 0 Å². The summed E-state index contributed by atoms with van der Waals surface area (Å²) in [6.45, 7) is 4.06. The highest BCUT2D eigenvalue weighted by Gasteiger charge is 2.19. The van der Waals surface area contributed by atoms with E-state index in [-0.39, 0.29) is 6.61 Å². The third kappa shape index (κ3) is 2.41. The molecule has 1 aromatic carbocycles. The van der Waals surface area contributed by atoms with Gasteiger partial charge in [0.05, 0.1) is 5.69 Å². The Morgan fingerprint density at radius 3 is 3.00 bits per heavy atom. The van der Waals surface area contributed by atoms with Crippen LogP contribution in [-0.4, -0.2) is 18.8 Å². The molecule has 0 saturated carbocycles. The lowest BCUT2D eigenvalue weighted by Crippen LogP contribution is -2.22. The monoisotopic (exact) mass is 209 g/mol. The molecule has 1 aromatic rings. The second kappa shape index (κ2) is 3.72. The number of fused-ring (bicyclic) bond motifs is 1. The first-order valence-electron chi connectivity index (χ1n) is 5.24. The molecular weight excluding hydrogens is 193 g/mol. The van der Waals surface area contributed by atoms with E-state index in [9.17, 15) is 4.39 Å². The van der Waals surface area contributed by atoms with Gasteiger partial charge in [0, 0.05) is 6.54 Å². The van der Waals surface area contributed by atoms with Crippen LogP contribution in [0.15, 0.2) is 18.2 Å². The Morgan fingerprint density at radius 2 is 2.27 bits per heavy atom. The van der Waals surface area contributed by atoms with Gasteiger partial charge in [0.2, 0.25) is 0 Å². The molecule has 0 spiro atoms. The maximum atomic E-state index is 13.3. The summed E-state index contributed by atoms with van der Waals surface area (Å²) in [5.41, 5.74) is 0.993. The van der Waals surface area contributed by atoms with Crippen molar-refractivity contribution in [3.05, 3.63) is 23.8 Å². The third-order valence-corrected chi connectivity index (χ3v) is 2.38. The molecule has 0 fully saturated rings. The molecule has 0 atom stereocenters. The summed E-state index contributed by atoms with van der Waals surface area (Å²) in [4.78, 5) is 0. The highest BCUT2D eigenvalue weighted by molar-refractivity contribution is 5.65. The maximum absolute atomic E-state index is 13.3. The molecule has 1 heterocycles. The van der Waals surface area contributed by atoms with Crippen molar-refractivity contribution in [2.45, 2.75) is 25.9 Å². The Labute approximate surface area is 89.4 Å². The Bertz CT molecular complexity index is 357. The van der Waals surface area contributed by atoms with E-state index in [1.807, 2.05) is 12.1 Å². The minimum Gasteiger partial charge on any atom is -0.488 e. The molecule has 0 saturated heterocycles. The van der Waals surface area contributed by atoms with Crippen LogP contribution in [0.1, 0.15) is 19.4 Å². The van der Waals surface area contributed by atoms with Crippen molar-refractivity contribution in [1.82, 2.24) is 0 Å². The molecule has 0 amide bonds. The number of benzene rings is 1. The summed E-state index contributed by atoms with van der Waals surface area (Å²) in [5.74, 6) is 0.760. The van der Waals surface area contributed by atoms with Crippen LogP contribution in [0.2, 0.25) is 0 Å².